The average molecular weight is 293 g/mol. The van der Waals surface area contributed by atoms with Crippen molar-refractivity contribution in [3.8, 4) is 0 Å². The van der Waals surface area contributed by atoms with Crippen molar-refractivity contribution >= 4 is 13.4 Å². The Kier molecular flexibility index (Phi) is 4.97. The average Bonchev–Trinajstić information content (AvgIpc) is 2.84. The van der Waals surface area contributed by atoms with Crippen LogP contribution in [0.25, 0.3) is 0 Å². The first-order chi connectivity index (χ1) is 10.4. The Morgan fingerprint density at radius 2 is 1.76 bits per heavy atom. The molecule has 21 heavy (non-hydrogen) atoms. The highest BCUT2D eigenvalue weighted by Gasteiger charge is 2.17. The van der Waals surface area contributed by atoms with E-state index < -0.39 is 0 Å². The second kappa shape index (κ2) is 7.33. The summed E-state index contributed by atoms with van der Waals surface area (Å²) in [5.41, 5.74) is 2.65. The van der Waals surface area contributed by atoms with E-state index >= 15 is 0 Å². The van der Waals surface area contributed by atoms with E-state index in [1.165, 1.54) is 17.4 Å². The van der Waals surface area contributed by atoms with Gasteiger partial charge in [-0.1, -0.05) is 54.6 Å². The molecule has 1 aliphatic rings. The van der Waals surface area contributed by atoms with Crippen LogP contribution in [0.2, 0.25) is 0 Å². The predicted molar refractivity (Wildman–Crippen MR) is 92.0 cm³/mol. The first kappa shape index (κ1) is 14.2. The Balaban J connectivity index is 1.91. The van der Waals surface area contributed by atoms with Crippen LogP contribution in [-0.2, 0) is 6.16 Å². The van der Waals surface area contributed by atoms with Gasteiger partial charge in [-0.05, 0) is 50.2 Å². The quantitative estimate of drug-likeness (QED) is 0.570. The monoisotopic (exact) mass is 293 g/mol. The van der Waals surface area contributed by atoms with Crippen molar-refractivity contribution < 1.29 is 0 Å². The van der Waals surface area contributed by atoms with Crippen LogP contribution < -0.4 is 5.44 Å². The van der Waals surface area contributed by atoms with Crippen molar-refractivity contribution in [3.05, 3.63) is 83.8 Å². The molecule has 0 saturated heterocycles. The largest absolute Gasteiger partial charge is 0.256 e. The van der Waals surface area contributed by atoms with Crippen molar-refractivity contribution in [3.63, 3.8) is 0 Å². The van der Waals surface area contributed by atoms with Crippen molar-refractivity contribution in [2.45, 2.75) is 25.4 Å². The van der Waals surface area contributed by atoms with Gasteiger partial charge in [-0.25, -0.2) is 0 Å². The molecular formula is C19H20NP. The molecule has 0 amide bonds. The molecular weight excluding hydrogens is 273 g/mol. The van der Waals surface area contributed by atoms with Gasteiger partial charge in [0.15, 0.2) is 0 Å². The van der Waals surface area contributed by atoms with E-state index in [9.17, 15) is 0 Å². The fraction of sp³-hybridized carbons (Fsp3) is 0.211. The van der Waals surface area contributed by atoms with E-state index in [0.717, 1.165) is 19.0 Å². The smallest absolute Gasteiger partial charge is 0.0675 e. The SMILES string of the molecule is C1=CCC(P(Cc2ccccc2)c2ccccn2)=CCC1. The molecule has 2 heteroatoms. The first-order valence-electron chi connectivity index (χ1n) is 7.50. The minimum atomic E-state index is -0.369. The summed E-state index contributed by atoms with van der Waals surface area (Å²) in [6, 6.07) is 17.1. The number of pyridine rings is 1. The summed E-state index contributed by atoms with van der Waals surface area (Å²) < 4.78 is 0. The second-order valence-electron chi connectivity index (χ2n) is 5.21. The Morgan fingerprint density at radius 3 is 2.57 bits per heavy atom. The Morgan fingerprint density at radius 1 is 0.905 bits per heavy atom. The highest BCUT2D eigenvalue weighted by atomic mass is 31.1. The summed E-state index contributed by atoms with van der Waals surface area (Å²) in [6.45, 7) is 0. The lowest BCUT2D eigenvalue weighted by molar-refractivity contribution is 1.06. The third-order valence-electron chi connectivity index (χ3n) is 3.66. The lowest BCUT2D eigenvalue weighted by Gasteiger charge is -2.20. The maximum atomic E-state index is 4.64. The first-order valence-corrected chi connectivity index (χ1v) is 9.03. The van der Waals surface area contributed by atoms with Crippen LogP contribution in [0.4, 0.5) is 0 Å². The summed E-state index contributed by atoms with van der Waals surface area (Å²) in [5, 5.41) is 1.57. The highest BCUT2D eigenvalue weighted by molar-refractivity contribution is 7.68. The molecule has 1 aromatic heterocycles. The molecule has 0 saturated carbocycles. The Hall–Kier alpha value is -1.72. The molecule has 1 aromatic carbocycles. The fourth-order valence-corrected chi connectivity index (χ4v) is 4.96. The molecule has 106 valence electrons. The van der Waals surface area contributed by atoms with Gasteiger partial charge in [-0.15, -0.1) is 0 Å². The number of nitrogens with zero attached hydrogens (tertiary/aromatic N) is 1. The van der Waals surface area contributed by atoms with E-state index in [-0.39, 0.29) is 7.92 Å². The van der Waals surface area contributed by atoms with Crippen LogP contribution in [-0.4, -0.2) is 4.98 Å². The summed E-state index contributed by atoms with van der Waals surface area (Å²) in [6.07, 6.45) is 13.5. The molecule has 0 radical (unpaired) electrons. The Bertz CT molecular complexity index is 617. The van der Waals surface area contributed by atoms with Crippen LogP contribution in [0, 0.1) is 0 Å². The molecule has 1 heterocycles. The van der Waals surface area contributed by atoms with Gasteiger partial charge in [0.25, 0.3) is 0 Å². The van der Waals surface area contributed by atoms with Gasteiger partial charge in [0.05, 0.1) is 5.44 Å². The van der Waals surface area contributed by atoms with E-state index in [0.29, 0.717) is 0 Å². The molecule has 0 aliphatic heterocycles. The van der Waals surface area contributed by atoms with Gasteiger partial charge >= 0.3 is 0 Å². The molecule has 1 unspecified atom stereocenters. The molecule has 0 bridgehead atoms. The topological polar surface area (TPSA) is 12.9 Å². The van der Waals surface area contributed by atoms with Crippen LogP contribution in [0.3, 0.4) is 0 Å². The van der Waals surface area contributed by atoms with Crippen molar-refractivity contribution in [2.75, 3.05) is 0 Å². The van der Waals surface area contributed by atoms with Crippen LogP contribution in [0.5, 0.6) is 0 Å². The summed E-state index contributed by atoms with van der Waals surface area (Å²) >= 11 is 0. The lowest BCUT2D eigenvalue weighted by Crippen LogP contribution is -2.08. The zero-order valence-corrected chi connectivity index (χ0v) is 13.0. The van der Waals surface area contributed by atoms with Gasteiger partial charge in [-0.3, -0.25) is 4.98 Å². The number of hydrogen-bond acceptors (Lipinski definition) is 1. The van der Waals surface area contributed by atoms with Crippen LogP contribution >= 0.6 is 7.92 Å². The molecule has 2 aromatic rings. The number of aromatic nitrogens is 1. The lowest BCUT2D eigenvalue weighted by atomic mass is 10.2. The van der Waals surface area contributed by atoms with Gasteiger partial charge < -0.3 is 0 Å². The molecule has 0 fully saturated rings. The molecule has 1 nitrogen and oxygen atoms in total. The van der Waals surface area contributed by atoms with Crippen molar-refractivity contribution in [1.29, 1.82) is 0 Å². The normalized spacial score (nSPS) is 16.1. The van der Waals surface area contributed by atoms with Crippen LogP contribution in [0.1, 0.15) is 24.8 Å². The number of rotatable bonds is 4. The third kappa shape index (κ3) is 3.89. The van der Waals surface area contributed by atoms with E-state index in [4.69, 9.17) is 0 Å². The third-order valence-corrected chi connectivity index (χ3v) is 6.22. The Labute approximate surface area is 128 Å². The molecule has 0 N–H and O–H groups in total. The molecule has 1 atom stereocenters. The maximum Gasteiger partial charge on any atom is 0.0675 e. The molecule has 3 rings (SSSR count). The van der Waals surface area contributed by atoms with Gasteiger partial charge in [-0.2, -0.15) is 0 Å². The summed E-state index contributed by atoms with van der Waals surface area (Å²) in [4.78, 5) is 4.64. The van der Waals surface area contributed by atoms with Crippen molar-refractivity contribution in [2.24, 2.45) is 0 Å². The summed E-state index contributed by atoms with van der Waals surface area (Å²) in [7, 11) is -0.369. The fourth-order valence-electron chi connectivity index (χ4n) is 2.58. The number of hydrogen-bond donors (Lipinski definition) is 0. The number of allylic oxidation sites excluding steroid dienone is 4. The number of benzene rings is 1. The van der Waals surface area contributed by atoms with E-state index in [2.05, 4.69) is 65.7 Å². The van der Waals surface area contributed by atoms with E-state index in [1.54, 1.807) is 5.31 Å². The predicted octanol–water partition coefficient (Wildman–Crippen LogP) is 5.01. The standard InChI is InChI=1S/C19H20NP/c1-2-7-13-18(12-6-1)21(19-14-8-9-15-20-19)16-17-10-4-3-5-11-17/h1,3-6,8-11,13-15H,2,7,12,16H2. The minimum Gasteiger partial charge on any atom is -0.256 e. The molecule has 1 aliphatic carbocycles. The summed E-state index contributed by atoms with van der Waals surface area (Å²) in [5.74, 6) is 0. The van der Waals surface area contributed by atoms with Gasteiger partial charge in [0.1, 0.15) is 0 Å². The van der Waals surface area contributed by atoms with Crippen LogP contribution in [0.15, 0.2) is 78.3 Å². The van der Waals surface area contributed by atoms with Gasteiger partial charge in [0.2, 0.25) is 0 Å². The molecule has 0 spiro atoms. The van der Waals surface area contributed by atoms with Gasteiger partial charge in [0, 0.05) is 12.4 Å². The maximum absolute atomic E-state index is 4.64. The van der Waals surface area contributed by atoms with Crippen molar-refractivity contribution in [1.82, 2.24) is 4.98 Å². The van der Waals surface area contributed by atoms with E-state index in [1.807, 2.05) is 12.3 Å². The minimum absolute atomic E-state index is 0.369. The zero-order valence-electron chi connectivity index (χ0n) is 12.2. The highest BCUT2D eigenvalue weighted by Crippen LogP contribution is 2.48. The zero-order chi connectivity index (χ0) is 14.3. The second-order valence-corrected chi connectivity index (χ2v) is 7.41.